The minimum Gasteiger partial charge on any atom is -0.394 e. The molecule has 1 amide bonds. The van der Waals surface area contributed by atoms with Crippen molar-refractivity contribution >= 4 is 17.4 Å². The Morgan fingerprint density at radius 3 is 2.65 bits per heavy atom. The van der Waals surface area contributed by atoms with Gasteiger partial charge in [-0.1, -0.05) is 0 Å². The third-order valence-corrected chi connectivity index (χ3v) is 3.28. The van der Waals surface area contributed by atoms with Gasteiger partial charge in [0.15, 0.2) is 5.78 Å². The first-order valence-corrected chi connectivity index (χ1v) is 5.78. The Morgan fingerprint density at radius 2 is 2.15 bits per heavy atom. The second kappa shape index (κ2) is 5.04. The van der Waals surface area contributed by atoms with Crippen molar-refractivity contribution in [2.24, 2.45) is 16.6 Å². The van der Waals surface area contributed by atoms with Gasteiger partial charge in [-0.3, -0.25) is 14.6 Å². The smallest absolute Gasteiger partial charge is 0.237 e. The Hall–Kier alpha value is -1.65. The lowest BCUT2D eigenvalue weighted by molar-refractivity contribution is -0.183. The highest BCUT2D eigenvalue weighted by Crippen LogP contribution is 2.34. The molecule has 1 saturated heterocycles. The lowest BCUT2D eigenvalue weighted by Gasteiger charge is -2.31. The fourth-order valence-corrected chi connectivity index (χ4v) is 2.23. The molecule has 1 unspecified atom stereocenters. The molecule has 9 nitrogen and oxygen atoms in total. The summed E-state index contributed by atoms with van der Waals surface area (Å²) in [4.78, 5) is 26.7. The van der Waals surface area contributed by atoms with Crippen LogP contribution in [0.1, 0.15) is 0 Å². The van der Waals surface area contributed by atoms with E-state index < -0.39 is 54.0 Å². The fraction of sp³-hybridized carbons (Fsp3) is 0.545. The van der Waals surface area contributed by atoms with Crippen LogP contribution in [0.5, 0.6) is 0 Å². The first kappa shape index (κ1) is 14.8. The summed E-state index contributed by atoms with van der Waals surface area (Å²) in [5.74, 6) is -5.99. The Balaban J connectivity index is 2.43. The molecule has 2 aliphatic rings. The molecule has 2 rings (SSSR count). The van der Waals surface area contributed by atoms with Crippen LogP contribution in [-0.4, -0.2) is 68.5 Å². The zero-order valence-electron chi connectivity index (χ0n) is 10.2. The highest BCUT2D eigenvalue weighted by Gasteiger charge is 2.59. The molecule has 5 atom stereocenters. The van der Waals surface area contributed by atoms with Gasteiger partial charge in [-0.25, -0.2) is 0 Å². The predicted octanol–water partition coefficient (Wildman–Crippen LogP) is -3.57. The maximum Gasteiger partial charge on any atom is 0.237 e. The number of amides is 1. The minimum absolute atomic E-state index is 0.514. The molecular formula is C11H14N2O7. The van der Waals surface area contributed by atoms with Gasteiger partial charge >= 0.3 is 0 Å². The summed E-state index contributed by atoms with van der Waals surface area (Å²) < 4.78 is 4.97. The van der Waals surface area contributed by atoms with Gasteiger partial charge in [0.2, 0.25) is 11.7 Å². The highest BCUT2D eigenvalue weighted by molar-refractivity contribution is 6.26. The monoisotopic (exact) mass is 286 g/mol. The third kappa shape index (κ3) is 2.05. The summed E-state index contributed by atoms with van der Waals surface area (Å²) in [6, 6.07) is 0. The maximum absolute atomic E-state index is 11.7. The summed E-state index contributed by atoms with van der Waals surface area (Å²) >= 11 is 0. The number of primary amides is 1. The first-order chi connectivity index (χ1) is 9.32. The number of ether oxygens (including phenoxy) is 1. The standard InChI is InChI=1S/C11H14N2O7/c12-10(18)6-4(15)1-2-13-8(6)11(19)9(17)7(16)5(3-14)20-11/h1-2,5-7,9,14,16-17,19H,3H2,(H2,12,18)/t5-,6?,7-,9-,11-/m0/s1. The van der Waals surface area contributed by atoms with Crippen LogP contribution in [0, 0.1) is 5.92 Å². The summed E-state index contributed by atoms with van der Waals surface area (Å²) in [7, 11) is 0. The molecule has 2 heterocycles. The molecule has 20 heavy (non-hydrogen) atoms. The van der Waals surface area contributed by atoms with Crippen molar-refractivity contribution in [2.45, 2.75) is 24.1 Å². The van der Waals surface area contributed by atoms with E-state index in [2.05, 4.69) is 4.99 Å². The van der Waals surface area contributed by atoms with Gasteiger partial charge in [-0.15, -0.1) is 0 Å². The average molecular weight is 286 g/mol. The summed E-state index contributed by atoms with van der Waals surface area (Å²) in [6.45, 7) is -0.682. The Bertz CT molecular complexity index is 503. The van der Waals surface area contributed by atoms with E-state index in [0.29, 0.717) is 0 Å². The van der Waals surface area contributed by atoms with Crippen molar-refractivity contribution in [1.82, 2.24) is 0 Å². The number of nitrogens with two attached hydrogens (primary N) is 1. The molecule has 110 valence electrons. The molecule has 0 aromatic heterocycles. The van der Waals surface area contributed by atoms with Crippen molar-refractivity contribution in [3.8, 4) is 0 Å². The van der Waals surface area contributed by atoms with Crippen LogP contribution in [0.2, 0.25) is 0 Å². The maximum atomic E-state index is 11.7. The van der Waals surface area contributed by atoms with Gasteiger partial charge in [0.25, 0.3) is 0 Å². The molecule has 0 spiro atoms. The number of hydrogen-bond acceptors (Lipinski definition) is 8. The number of hydrogen-bond donors (Lipinski definition) is 5. The first-order valence-electron chi connectivity index (χ1n) is 5.78. The number of ketones is 1. The van der Waals surface area contributed by atoms with Gasteiger partial charge in [0.05, 0.1) is 12.3 Å². The number of rotatable bonds is 3. The van der Waals surface area contributed by atoms with E-state index in [4.69, 9.17) is 15.6 Å². The molecule has 1 fully saturated rings. The number of carbonyl (C=O) groups is 2. The van der Waals surface area contributed by atoms with Crippen LogP contribution in [-0.2, 0) is 14.3 Å². The number of aliphatic hydroxyl groups is 4. The van der Waals surface area contributed by atoms with Gasteiger partial charge < -0.3 is 30.9 Å². The van der Waals surface area contributed by atoms with Crippen LogP contribution < -0.4 is 5.73 Å². The molecule has 0 saturated carbocycles. The van der Waals surface area contributed by atoms with Crippen LogP contribution in [0.3, 0.4) is 0 Å². The molecule has 6 N–H and O–H groups in total. The van der Waals surface area contributed by atoms with Crippen LogP contribution >= 0.6 is 0 Å². The van der Waals surface area contributed by atoms with E-state index in [9.17, 15) is 24.9 Å². The number of nitrogens with zero attached hydrogens (tertiary/aromatic N) is 1. The second-order valence-corrected chi connectivity index (χ2v) is 4.54. The zero-order chi connectivity index (χ0) is 15.1. The normalized spacial score (nSPS) is 40.8. The quantitative estimate of drug-likeness (QED) is 0.335. The average Bonchev–Trinajstić information content (AvgIpc) is 2.63. The van der Waals surface area contributed by atoms with Gasteiger partial charge in [0.1, 0.15) is 24.2 Å². The van der Waals surface area contributed by atoms with E-state index in [1.165, 1.54) is 0 Å². The number of aliphatic imine (C=N–C) groups is 1. The third-order valence-electron chi connectivity index (χ3n) is 3.28. The lowest BCUT2D eigenvalue weighted by Crippen LogP contribution is -2.56. The molecular weight excluding hydrogens is 272 g/mol. The van der Waals surface area contributed by atoms with Crippen molar-refractivity contribution < 1.29 is 34.8 Å². The molecule has 9 heteroatoms. The summed E-state index contributed by atoms with van der Waals surface area (Å²) in [5.41, 5.74) is 4.57. The Morgan fingerprint density at radius 1 is 1.50 bits per heavy atom. The predicted molar refractivity (Wildman–Crippen MR) is 63.2 cm³/mol. The molecule has 0 aromatic rings. The zero-order valence-corrected chi connectivity index (χ0v) is 10.2. The summed E-state index contributed by atoms with van der Waals surface area (Å²) in [6.07, 6.45) is -2.78. The SMILES string of the molecule is NC(=O)C1C(=O)C=CN=C1[C@]1(O)O[C@@H](CO)[C@H](O)[C@@H]1O. The van der Waals surface area contributed by atoms with Crippen molar-refractivity contribution in [1.29, 1.82) is 0 Å². The van der Waals surface area contributed by atoms with E-state index in [-0.39, 0.29) is 0 Å². The van der Waals surface area contributed by atoms with E-state index in [1.54, 1.807) is 0 Å². The topological polar surface area (TPSA) is 163 Å². The fourth-order valence-electron chi connectivity index (χ4n) is 2.23. The van der Waals surface area contributed by atoms with Crippen LogP contribution in [0.4, 0.5) is 0 Å². The van der Waals surface area contributed by atoms with Gasteiger partial charge in [0, 0.05) is 12.3 Å². The molecule has 0 radical (unpaired) electrons. The van der Waals surface area contributed by atoms with E-state index >= 15 is 0 Å². The number of allylic oxidation sites excluding steroid dienone is 1. The Labute approximate surface area is 113 Å². The highest BCUT2D eigenvalue weighted by atomic mass is 16.7. The van der Waals surface area contributed by atoms with Crippen molar-refractivity contribution in [3.63, 3.8) is 0 Å². The van der Waals surface area contributed by atoms with Crippen molar-refractivity contribution in [2.75, 3.05) is 6.61 Å². The molecule has 0 aliphatic carbocycles. The van der Waals surface area contributed by atoms with Gasteiger partial charge in [-0.05, 0) is 0 Å². The van der Waals surface area contributed by atoms with E-state index in [1.807, 2.05) is 0 Å². The van der Waals surface area contributed by atoms with Crippen molar-refractivity contribution in [3.05, 3.63) is 12.3 Å². The number of carbonyl (C=O) groups excluding carboxylic acids is 2. The van der Waals surface area contributed by atoms with Crippen LogP contribution in [0.15, 0.2) is 17.3 Å². The second-order valence-electron chi connectivity index (χ2n) is 4.54. The lowest BCUT2D eigenvalue weighted by atomic mass is 9.87. The Kier molecular flexibility index (Phi) is 3.71. The summed E-state index contributed by atoms with van der Waals surface area (Å²) in [5, 5.41) is 38.8. The number of aliphatic hydroxyl groups excluding tert-OH is 3. The van der Waals surface area contributed by atoms with Gasteiger partial charge in [-0.2, -0.15) is 0 Å². The molecule has 2 aliphatic heterocycles. The molecule has 0 bridgehead atoms. The van der Waals surface area contributed by atoms with Crippen LogP contribution in [0.25, 0.3) is 0 Å². The molecule has 0 aromatic carbocycles. The van der Waals surface area contributed by atoms with E-state index in [0.717, 1.165) is 12.3 Å². The minimum atomic E-state index is -2.58. The largest absolute Gasteiger partial charge is 0.394 e.